The smallest absolute Gasteiger partial charge is 0.410 e. The van der Waals surface area contributed by atoms with Gasteiger partial charge in [-0.3, -0.25) is 4.79 Å². The molecule has 1 aromatic carbocycles. The highest BCUT2D eigenvalue weighted by Gasteiger charge is 2.28. The Hall–Kier alpha value is -2.21. The summed E-state index contributed by atoms with van der Waals surface area (Å²) >= 11 is 6.05. The van der Waals surface area contributed by atoms with Gasteiger partial charge in [-0.25, -0.2) is 4.79 Å². The highest BCUT2D eigenvalue weighted by molar-refractivity contribution is 6.31. The van der Waals surface area contributed by atoms with Crippen LogP contribution < -0.4 is 0 Å². The van der Waals surface area contributed by atoms with Crippen LogP contribution in [-0.4, -0.2) is 53.6 Å². The zero-order valence-corrected chi connectivity index (χ0v) is 16.9. The van der Waals surface area contributed by atoms with Gasteiger partial charge in [-0.15, -0.1) is 0 Å². The van der Waals surface area contributed by atoms with Gasteiger partial charge in [-0.2, -0.15) is 0 Å². The summed E-state index contributed by atoms with van der Waals surface area (Å²) in [5.74, 6) is 0.170. The van der Waals surface area contributed by atoms with E-state index in [0.717, 1.165) is 10.9 Å². The summed E-state index contributed by atoms with van der Waals surface area (Å²) in [7, 11) is 0. The Morgan fingerprint density at radius 3 is 2.48 bits per heavy atom. The summed E-state index contributed by atoms with van der Waals surface area (Å²) < 4.78 is 11.2. The Labute approximate surface area is 164 Å². The number of nitrogens with zero attached hydrogens (tertiary/aromatic N) is 2. The van der Waals surface area contributed by atoms with Gasteiger partial charge in [0.25, 0.3) is 5.91 Å². The number of hydrogen-bond donors (Lipinski definition) is 0. The first-order valence-corrected chi connectivity index (χ1v) is 9.49. The van der Waals surface area contributed by atoms with E-state index in [1.807, 2.05) is 27.7 Å². The molecule has 1 aliphatic heterocycles. The molecule has 1 saturated heterocycles. The third-order valence-corrected chi connectivity index (χ3v) is 4.76. The molecule has 0 unspecified atom stereocenters. The van der Waals surface area contributed by atoms with Crippen molar-refractivity contribution >= 4 is 34.6 Å². The van der Waals surface area contributed by atoms with Crippen LogP contribution >= 0.6 is 11.6 Å². The van der Waals surface area contributed by atoms with Crippen LogP contribution in [0.2, 0.25) is 5.02 Å². The van der Waals surface area contributed by atoms with Gasteiger partial charge in [0.2, 0.25) is 0 Å². The SMILES string of the molecule is Cc1c(C(=O)N2CCCN(C(=O)OC(C)(C)C)CC2)oc2ccc(Cl)cc12. The largest absolute Gasteiger partial charge is 0.451 e. The van der Waals surface area contributed by atoms with Crippen LogP contribution in [0.4, 0.5) is 4.79 Å². The molecule has 0 saturated carbocycles. The van der Waals surface area contributed by atoms with E-state index in [-0.39, 0.29) is 12.0 Å². The fourth-order valence-corrected chi connectivity index (χ4v) is 3.34. The number of halogens is 1. The normalized spacial score (nSPS) is 15.7. The second-order valence-electron chi connectivity index (χ2n) is 7.81. The Bertz CT molecular complexity index is 869. The second-order valence-corrected chi connectivity index (χ2v) is 8.25. The van der Waals surface area contributed by atoms with E-state index in [2.05, 4.69) is 0 Å². The number of rotatable bonds is 1. The number of carbonyl (C=O) groups excluding carboxylic acids is 2. The van der Waals surface area contributed by atoms with E-state index in [9.17, 15) is 9.59 Å². The predicted octanol–water partition coefficient (Wildman–Crippen LogP) is 4.48. The zero-order valence-electron chi connectivity index (χ0n) is 16.2. The summed E-state index contributed by atoms with van der Waals surface area (Å²) in [4.78, 5) is 28.7. The number of amides is 2. The first kappa shape index (κ1) is 19.5. The Balaban J connectivity index is 1.73. The van der Waals surface area contributed by atoms with Gasteiger partial charge in [0, 0.05) is 42.2 Å². The number of furan rings is 1. The number of fused-ring (bicyclic) bond motifs is 1. The predicted molar refractivity (Wildman–Crippen MR) is 104 cm³/mol. The lowest BCUT2D eigenvalue weighted by Crippen LogP contribution is -2.40. The van der Waals surface area contributed by atoms with Crippen LogP contribution in [-0.2, 0) is 4.74 Å². The zero-order chi connectivity index (χ0) is 19.8. The number of carbonyl (C=O) groups is 2. The maximum Gasteiger partial charge on any atom is 0.410 e. The van der Waals surface area contributed by atoms with Gasteiger partial charge in [0.05, 0.1) is 0 Å². The quantitative estimate of drug-likeness (QED) is 0.717. The summed E-state index contributed by atoms with van der Waals surface area (Å²) in [5.41, 5.74) is 0.891. The number of hydrogen-bond acceptors (Lipinski definition) is 4. The van der Waals surface area contributed by atoms with Crippen molar-refractivity contribution in [3.63, 3.8) is 0 Å². The molecule has 0 radical (unpaired) electrons. The minimum absolute atomic E-state index is 0.161. The molecule has 0 atom stereocenters. The van der Waals surface area contributed by atoms with Crippen LogP contribution in [0.25, 0.3) is 11.0 Å². The molecule has 0 N–H and O–H groups in total. The van der Waals surface area contributed by atoms with E-state index < -0.39 is 5.60 Å². The third-order valence-electron chi connectivity index (χ3n) is 4.53. The molecule has 6 nitrogen and oxygen atoms in total. The molecule has 1 aromatic heterocycles. The van der Waals surface area contributed by atoms with E-state index in [1.54, 1.807) is 28.0 Å². The van der Waals surface area contributed by atoms with Crippen molar-refractivity contribution in [3.05, 3.63) is 34.5 Å². The average Bonchev–Trinajstić information content (AvgIpc) is 2.76. The van der Waals surface area contributed by atoms with Crippen LogP contribution in [0.1, 0.15) is 43.3 Å². The van der Waals surface area contributed by atoms with Crippen molar-refractivity contribution in [1.29, 1.82) is 0 Å². The number of ether oxygens (including phenoxy) is 1. The molecule has 3 rings (SSSR count). The van der Waals surface area contributed by atoms with Gasteiger partial charge in [0.15, 0.2) is 5.76 Å². The van der Waals surface area contributed by atoms with Crippen molar-refractivity contribution in [2.75, 3.05) is 26.2 Å². The fraction of sp³-hybridized carbons (Fsp3) is 0.500. The van der Waals surface area contributed by atoms with Crippen molar-refractivity contribution in [3.8, 4) is 0 Å². The minimum atomic E-state index is -0.536. The molecule has 0 aliphatic carbocycles. The van der Waals surface area contributed by atoms with E-state index in [0.29, 0.717) is 49.0 Å². The van der Waals surface area contributed by atoms with Gasteiger partial charge >= 0.3 is 6.09 Å². The average molecular weight is 393 g/mol. The Morgan fingerprint density at radius 2 is 1.78 bits per heavy atom. The first-order chi connectivity index (χ1) is 12.7. The lowest BCUT2D eigenvalue weighted by molar-refractivity contribution is 0.0255. The molecule has 1 fully saturated rings. The van der Waals surface area contributed by atoms with E-state index in [4.69, 9.17) is 20.8 Å². The molecule has 0 spiro atoms. The van der Waals surface area contributed by atoms with Crippen molar-refractivity contribution < 1.29 is 18.7 Å². The topological polar surface area (TPSA) is 63.0 Å². The standard InChI is InChI=1S/C20H25ClN2O4/c1-13-15-12-14(21)6-7-16(15)26-17(13)18(24)22-8-5-9-23(11-10-22)19(25)27-20(2,3)4/h6-7,12H,5,8-11H2,1-4H3. The van der Waals surface area contributed by atoms with Crippen molar-refractivity contribution in [2.45, 2.75) is 39.7 Å². The van der Waals surface area contributed by atoms with Crippen LogP contribution in [0.3, 0.4) is 0 Å². The van der Waals surface area contributed by atoms with E-state index in [1.165, 1.54) is 0 Å². The Kier molecular flexibility index (Phi) is 5.38. The number of aryl methyl sites for hydroxylation is 1. The third kappa shape index (κ3) is 4.38. The van der Waals surface area contributed by atoms with Gasteiger partial charge in [0.1, 0.15) is 11.2 Å². The van der Waals surface area contributed by atoms with Gasteiger partial charge in [-0.05, 0) is 52.3 Å². The first-order valence-electron chi connectivity index (χ1n) is 9.11. The van der Waals surface area contributed by atoms with Crippen LogP contribution in [0.15, 0.2) is 22.6 Å². The molecule has 2 aromatic rings. The molecule has 2 heterocycles. The number of benzene rings is 1. The molecular weight excluding hydrogens is 368 g/mol. The molecule has 0 bridgehead atoms. The Morgan fingerprint density at radius 1 is 1.11 bits per heavy atom. The molecule has 1 aliphatic rings. The van der Waals surface area contributed by atoms with Crippen molar-refractivity contribution in [1.82, 2.24) is 9.80 Å². The summed E-state index contributed by atoms with van der Waals surface area (Å²) in [6.45, 7) is 9.39. The maximum atomic E-state index is 13.0. The highest BCUT2D eigenvalue weighted by atomic mass is 35.5. The maximum absolute atomic E-state index is 13.0. The van der Waals surface area contributed by atoms with Gasteiger partial charge < -0.3 is 19.0 Å². The lowest BCUT2D eigenvalue weighted by atomic mass is 10.1. The molecule has 27 heavy (non-hydrogen) atoms. The second kappa shape index (κ2) is 7.43. The summed E-state index contributed by atoms with van der Waals surface area (Å²) in [6.07, 6.45) is 0.349. The molecule has 146 valence electrons. The van der Waals surface area contributed by atoms with Crippen molar-refractivity contribution in [2.24, 2.45) is 0 Å². The fourth-order valence-electron chi connectivity index (χ4n) is 3.17. The minimum Gasteiger partial charge on any atom is -0.451 e. The molecule has 2 amide bonds. The lowest BCUT2D eigenvalue weighted by Gasteiger charge is -2.26. The summed E-state index contributed by atoms with van der Waals surface area (Å²) in [5, 5.41) is 1.45. The highest BCUT2D eigenvalue weighted by Crippen LogP contribution is 2.29. The van der Waals surface area contributed by atoms with Crippen LogP contribution in [0, 0.1) is 6.92 Å². The molecular formula is C20H25ClN2O4. The van der Waals surface area contributed by atoms with E-state index >= 15 is 0 Å². The molecule has 7 heteroatoms. The van der Waals surface area contributed by atoms with Crippen LogP contribution in [0.5, 0.6) is 0 Å². The summed E-state index contributed by atoms with van der Waals surface area (Å²) in [6, 6.07) is 5.32. The van der Waals surface area contributed by atoms with Gasteiger partial charge in [-0.1, -0.05) is 11.6 Å². The monoisotopic (exact) mass is 392 g/mol.